The number of rotatable bonds is 4. The van der Waals surface area contributed by atoms with Crippen molar-refractivity contribution in [2.24, 2.45) is 5.92 Å². The Morgan fingerprint density at radius 2 is 2.40 bits per heavy atom. The SMILES string of the molecule is CNCC(C)C(=O)N(C)c1cccnc1. The molecule has 1 aromatic rings. The third-order valence-corrected chi connectivity index (χ3v) is 2.30. The second kappa shape index (κ2) is 5.46. The summed E-state index contributed by atoms with van der Waals surface area (Å²) in [6, 6.07) is 3.69. The Morgan fingerprint density at radius 1 is 1.67 bits per heavy atom. The van der Waals surface area contributed by atoms with E-state index >= 15 is 0 Å². The highest BCUT2D eigenvalue weighted by atomic mass is 16.2. The zero-order chi connectivity index (χ0) is 11.3. The number of nitrogens with one attached hydrogen (secondary N) is 1. The van der Waals surface area contributed by atoms with Gasteiger partial charge in [-0.15, -0.1) is 0 Å². The van der Waals surface area contributed by atoms with Gasteiger partial charge in [-0.2, -0.15) is 0 Å². The summed E-state index contributed by atoms with van der Waals surface area (Å²) in [6.45, 7) is 2.59. The molecule has 0 bridgehead atoms. The van der Waals surface area contributed by atoms with Crippen molar-refractivity contribution in [3.8, 4) is 0 Å². The first kappa shape index (κ1) is 11.7. The molecule has 0 aliphatic heterocycles. The van der Waals surface area contributed by atoms with Gasteiger partial charge >= 0.3 is 0 Å². The molecule has 0 saturated carbocycles. The monoisotopic (exact) mass is 207 g/mol. The van der Waals surface area contributed by atoms with Crippen LogP contribution in [0.4, 0.5) is 5.69 Å². The second-order valence-corrected chi connectivity index (χ2v) is 3.57. The van der Waals surface area contributed by atoms with Crippen LogP contribution in [0.1, 0.15) is 6.92 Å². The zero-order valence-electron chi connectivity index (χ0n) is 9.40. The minimum Gasteiger partial charge on any atom is -0.319 e. The number of nitrogens with zero attached hydrogens (tertiary/aromatic N) is 2. The number of hydrogen-bond acceptors (Lipinski definition) is 3. The van der Waals surface area contributed by atoms with Gasteiger partial charge in [0.25, 0.3) is 0 Å². The van der Waals surface area contributed by atoms with Crippen molar-refractivity contribution >= 4 is 11.6 Å². The van der Waals surface area contributed by atoms with Crippen LogP contribution in [0.25, 0.3) is 0 Å². The van der Waals surface area contributed by atoms with E-state index in [1.807, 2.05) is 26.1 Å². The normalized spacial score (nSPS) is 12.2. The van der Waals surface area contributed by atoms with E-state index in [0.29, 0.717) is 6.54 Å². The summed E-state index contributed by atoms with van der Waals surface area (Å²) in [5, 5.41) is 2.99. The van der Waals surface area contributed by atoms with Crippen molar-refractivity contribution < 1.29 is 4.79 Å². The van der Waals surface area contributed by atoms with Crippen molar-refractivity contribution in [1.82, 2.24) is 10.3 Å². The topological polar surface area (TPSA) is 45.2 Å². The molecule has 15 heavy (non-hydrogen) atoms. The van der Waals surface area contributed by atoms with E-state index in [2.05, 4.69) is 10.3 Å². The largest absolute Gasteiger partial charge is 0.319 e. The molecule has 0 radical (unpaired) electrons. The predicted molar refractivity (Wildman–Crippen MR) is 60.7 cm³/mol. The van der Waals surface area contributed by atoms with E-state index in [0.717, 1.165) is 5.69 Å². The van der Waals surface area contributed by atoms with Crippen molar-refractivity contribution in [2.45, 2.75) is 6.92 Å². The van der Waals surface area contributed by atoms with Gasteiger partial charge in [-0.05, 0) is 19.2 Å². The Hall–Kier alpha value is -1.42. The number of amides is 1. The summed E-state index contributed by atoms with van der Waals surface area (Å²) in [7, 11) is 3.61. The van der Waals surface area contributed by atoms with Crippen LogP contribution in [0, 0.1) is 5.92 Å². The molecule has 0 spiro atoms. The Balaban J connectivity index is 2.69. The van der Waals surface area contributed by atoms with E-state index in [1.165, 1.54) is 0 Å². The Labute approximate surface area is 90.3 Å². The molecular formula is C11H17N3O. The highest BCUT2D eigenvalue weighted by Gasteiger charge is 2.17. The van der Waals surface area contributed by atoms with Crippen LogP contribution in [-0.4, -0.2) is 31.5 Å². The molecule has 1 heterocycles. The maximum atomic E-state index is 11.9. The van der Waals surface area contributed by atoms with Crippen LogP contribution in [-0.2, 0) is 4.79 Å². The number of pyridine rings is 1. The van der Waals surface area contributed by atoms with Crippen LogP contribution >= 0.6 is 0 Å². The summed E-state index contributed by atoms with van der Waals surface area (Å²) in [4.78, 5) is 17.5. The number of anilines is 1. The van der Waals surface area contributed by atoms with Gasteiger partial charge in [0.15, 0.2) is 0 Å². The van der Waals surface area contributed by atoms with Gasteiger partial charge in [-0.25, -0.2) is 0 Å². The van der Waals surface area contributed by atoms with Crippen LogP contribution in [0.15, 0.2) is 24.5 Å². The molecule has 0 saturated heterocycles. The molecular weight excluding hydrogens is 190 g/mol. The third kappa shape index (κ3) is 3.02. The minimum atomic E-state index is -0.0276. The molecule has 82 valence electrons. The second-order valence-electron chi connectivity index (χ2n) is 3.57. The first-order valence-electron chi connectivity index (χ1n) is 4.99. The molecule has 0 aliphatic carbocycles. The summed E-state index contributed by atoms with van der Waals surface area (Å²) < 4.78 is 0. The summed E-state index contributed by atoms with van der Waals surface area (Å²) in [5.41, 5.74) is 0.824. The van der Waals surface area contributed by atoms with E-state index in [1.54, 1.807) is 24.3 Å². The quantitative estimate of drug-likeness (QED) is 0.798. The number of carbonyl (C=O) groups is 1. The molecule has 0 aromatic carbocycles. The van der Waals surface area contributed by atoms with E-state index < -0.39 is 0 Å². The fourth-order valence-corrected chi connectivity index (χ4v) is 1.40. The molecule has 4 nitrogen and oxygen atoms in total. The Bertz CT molecular complexity index is 313. The van der Waals surface area contributed by atoms with Crippen molar-refractivity contribution in [3.05, 3.63) is 24.5 Å². The van der Waals surface area contributed by atoms with Crippen LogP contribution < -0.4 is 10.2 Å². The summed E-state index contributed by atoms with van der Waals surface area (Å²) >= 11 is 0. The lowest BCUT2D eigenvalue weighted by atomic mass is 10.1. The van der Waals surface area contributed by atoms with Crippen LogP contribution in [0.5, 0.6) is 0 Å². The number of hydrogen-bond donors (Lipinski definition) is 1. The Morgan fingerprint density at radius 3 is 2.93 bits per heavy atom. The number of aromatic nitrogens is 1. The molecule has 1 rings (SSSR count). The van der Waals surface area contributed by atoms with Crippen LogP contribution in [0.3, 0.4) is 0 Å². The minimum absolute atomic E-state index is 0.0276. The molecule has 4 heteroatoms. The van der Waals surface area contributed by atoms with Crippen molar-refractivity contribution in [1.29, 1.82) is 0 Å². The van der Waals surface area contributed by atoms with Crippen molar-refractivity contribution in [3.63, 3.8) is 0 Å². The van der Waals surface area contributed by atoms with Gasteiger partial charge in [-0.3, -0.25) is 9.78 Å². The molecule has 0 aliphatic rings. The predicted octanol–water partition coefficient (Wildman–Crippen LogP) is 0.900. The van der Waals surface area contributed by atoms with Crippen LogP contribution in [0.2, 0.25) is 0 Å². The van der Waals surface area contributed by atoms with E-state index in [-0.39, 0.29) is 11.8 Å². The average molecular weight is 207 g/mol. The van der Waals surface area contributed by atoms with Gasteiger partial charge in [0.05, 0.1) is 11.9 Å². The van der Waals surface area contributed by atoms with Gasteiger partial charge in [0.1, 0.15) is 0 Å². The van der Waals surface area contributed by atoms with Gasteiger partial charge in [-0.1, -0.05) is 6.92 Å². The lowest BCUT2D eigenvalue weighted by molar-refractivity contribution is -0.121. The number of carbonyl (C=O) groups excluding carboxylic acids is 1. The molecule has 1 amide bonds. The highest BCUT2D eigenvalue weighted by molar-refractivity contribution is 5.94. The first-order valence-corrected chi connectivity index (χ1v) is 4.99. The van der Waals surface area contributed by atoms with Gasteiger partial charge in [0.2, 0.25) is 5.91 Å². The van der Waals surface area contributed by atoms with E-state index in [4.69, 9.17) is 0 Å². The maximum absolute atomic E-state index is 11.9. The fraction of sp³-hybridized carbons (Fsp3) is 0.455. The average Bonchev–Trinajstić information content (AvgIpc) is 2.28. The lowest BCUT2D eigenvalue weighted by Gasteiger charge is -2.20. The molecule has 1 unspecified atom stereocenters. The standard InChI is InChI=1S/C11H17N3O/c1-9(7-12-2)11(15)14(3)10-5-4-6-13-8-10/h4-6,8-9,12H,7H2,1-3H3. The fourth-order valence-electron chi connectivity index (χ4n) is 1.40. The van der Waals surface area contributed by atoms with Gasteiger partial charge in [0, 0.05) is 25.7 Å². The summed E-state index contributed by atoms with van der Waals surface area (Å²) in [6.07, 6.45) is 3.38. The highest BCUT2D eigenvalue weighted by Crippen LogP contribution is 2.12. The third-order valence-electron chi connectivity index (χ3n) is 2.30. The molecule has 1 aromatic heterocycles. The molecule has 0 fully saturated rings. The smallest absolute Gasteiger partial charge is 0.230 e. The first-order chi connectivity index (χ1) is 7.16. The molecule has 1 atom stereocenters. The Kier molecular flexibility index (Phi) is 4.24. The van der Waals surface area contributed by atoms with E-state index in [9.17, 15) is 4.79 Å². The summed E-state index contributed by atoms with van der Waals surface area (Å²) in [5.74, 6) is 0.0672. The zero-order valence-corrected chi connectivity index (χ0v) is 9.40. The maximum Gasteiger partial charge on any atom is 0.230 e. The van der Waals surface area contributed by atoms with Gasteiger partial charge < -0.3 is 10.2 Å². The van der Waals surface area contributed by atoms with Crippen molar-refractivity contribution in [2.75, 3.05) is 25.5 Å². The molecule has 1 N–H and O–H groups in total. The lowest BCUT2D eigenvalue weighted by Crippen LogP contribution is -2.35.